The molecule has 1 aromatic carbocycles. The smallest absolute Gasteiger partial charge is 0.172 e. The van der Waals surface area contributed by atoms with Crippen LogP contribution in [0.3, 0.4) is 0 Å². The van der Waals surface area contributed by atoms with Crippen molar-refractivity contribution in [3.05, 3.63) is 47.5 Å². The van der Waals surface area contributed by atoms with E-state index in [1.54, 1.807) is 25.4 Å². The van der Waals surface area contributed by atoms with Crippen LogP contribution in [0.25, 0.3) is 11.0 Å². The second-order valence-electron chi connectivity index (χ2n) is 8.64. The molecule has 33 heavy (non-hydrogen) atoms. The molecule has 3 aromatic rings. The van der Waals surface area contributed by atoms with E-state index in [-0.39, 0.29) is 11.9 Å². The lowest BCUT2D eigenvalue weighted by molar-refractivity contribution is 0.195. The maximum atomic E-state index is 14.4. The summed E-state index contributed by atoms with van der Waals surface area (Å²) in [7, 11) is 1.55. The Morgan fingerprint density at radius 1 is 1.15 bits per heavy atom. The highest BCUT2D eigenvalue weighted by molar-refractivity contribution is 5.80. The Morgan fingerprint density at radius 3 is 2.73 bits per heavy atom. The van der Waals surface area contributed by atoms with Gasteiger partial charge in [0.25, 0.3) is 0 Å². The highest BCUT2D eigenvalue weighted by atomic mass is 19.1. The third-order valence-corrected chi connectivity index (χ3v) is 6.27. The molecule has 1 atom stereocenters. The number of hydrogen-bond acceptors (Lipinski definition) is 8. The molecule has 0 aliphatic carbocycles. The molecule has 0 unspecified atom stereocenters. The van der Waals surface area contributed by atoms with Crippen molar-refractivity contribution in [2.75, 3.05) is 56.7 Å². The van der Waals surface area contributed by atoms with Crippen LogP contribution in [0.2, 0.25) is 0 Å². The molecule has 0 radical (unpaired) electrons. The first-order chi connectivity index (χ1) is 16.1. The number of nitrogens with zero attached hydrogens (tertiary/aromatic N) is 5. The molecule has 174 valence electrons. The van der Waals surface area contributed by atoms with Gasteiger partial charge >= 0.3 is 0 Å². The standard InChI is InChI=1S/C24H29FN6O2/c1-16-11-21-22(13-26-16)28-23(27-18-5-10-33-15-18)24(29-21)31-8-6-30(7-9-31)14-17-3-4-19(32-2)12-20(17)25/h3-4,11-13,18H,5-10,14-15H2,1-2H3,(H,27,28)/t18-/m1/s1. The lowest BCUT2D eigenvalue weighted by Crippen LogP contribution is -2.46. The van der Waals surface area contributed by atoms with E-state index in [1.807, 2.05) is 13.0 Å². The largest absolute Gasteiger partial charge is 0.497 e. The van der Waals surface area contributed by atoms with Crippen molar-refractivity contribution in [2.24, 2.45) is 0 Å². The second-order valence-corrected chi connectivity index (χ2v) is 8.64. The molecular formula is C24H29FN6O2. The van der Waals surface area contributed by atoms with Crippen LogP contribution in [0.4, 0.5) is 16.0 Å². The van der Waals surface area contributed by atoms with E-state index in [1.165, 1.54) is 6.07 Å². The summed E-state index contributed by atoms with van der Waals surface area (Å²) < 4.78 is 25.0. The Hall–Kier alpha value is -3.04. The quantitative estimate of drug-likeness (QED) is 0.612. The fourth-order valence-electron chi connectivity index (χ4n) is 4.35. The van der Waals surface area contributed by atoms with E-state index in [2.05, 4.69) is 20.1 Å². The van der Waals surface area contributed by atoms with Gasteiger partial charge in [0, 0.05) is 56.7 Å². The monoisotopic (exact) mass is 452 g/mol. The van der Waals surface area contributed by atoms with Crippen LogP contribution in [-0.2, 0) is 11.3 Å². The molecule has 5 rings (SSSR count). The number of fused-ring (bicyclic) bond motifs is 1. The lowest BCUT2D eigenvalue weighted by Gasteiger charge is -2.36. The van der Waals surface area contributed by atoms with E-state index in [9.17, 15) is 4.39 Å². The van der Waals surface area contributed by atoms with E-state index in [4.69, 9.17) is 19.4 Å². The number of hydrogen-bond donors (Lipinski definition) is 1. The molecule has 9 heteroatoms. The Balaban J connectivity index is 1.33. The molecule has 0 spiro atoms. The first-order valence-electron chi connectivity index (χ1n) is 11.4. The normalized spacial score (nSPS) is 19.2. The molecule has 0 bridgehead atoms. The summed E-state index contributed by atoms with van der Waals surface area (Å²) in [6.45, 7) is 7.17. The highest BCUT2D eigenvalue weighted by Crippen LogP contribution is 2.28. The minimum Gasteiger partial charge on any atom is -0.497 e. The average molecular weight is 453 g/mol. The van der Waals surface area contributed by atoms with Crippen LogP contribution in [-0.4, -0.2) is 72.4 Å². The predicted molar refractivity (Wildman–Crippen MR) is 125 cm³/mol. The third kappa shape index (κ3) is 4.84. The molecule has 0 amide bonds. The number of ether oxygens (including phenoxy) is 2. The SMILES string of the molecule is COc1ccc(CN2CCN(c3nc4cc(C)ncc4nc3N[C@@H]3CCOC3)CC2)c(F)c1. The van der Waals surface area contributed by atoms with Crippen molar-refractivity contribution in [1.29, 1.82) is 0 Å². The van der Waals surface area contributed by atoms with E-state index >= 15 is 0 Å². The molecule has 8 nitrogen and oxygen atoms in total. The van der Waals surface area contributed by atoms with Crippen LogP contribution in [0, 0.1) is 12.7 Å². The van der Waals surface area contributed by atoms with Gasteiger partial charge in [-0.1, -0.05) is 6.07 Å². The van der Waals surface area contributed by atoms with Gasteiger partial charge < -0.3 is 19.7 Å². The van der Waals surface area contributed by atoms with Gasteiger partial charge in [0.2, 0.25) is 0 Å². The van der Waals surface area contributed by atoms with Crippen LogP contribution in [0.15, 0.2) is 30.5 Å². The number of methoxy groups -OCH3 is 1. The average Bonchev–Trinajstić information content (AvgIpc) is 3.34. The Kier molecular flexibility index (Phi) is 6.24. The van der Waals surface area contributed by atoms with E-state index < -0.39 is 0 Å². The van der Waals surface area contributed by atoms with Crippen LogP contribution in [0.1, 0.15) is 17.7 Å². The summed E-state index contributed by atoms with van der Waals surface area (Å²) in [5, 5.41) is 3.54. The third-order valence-electron chi connectivity index (χ3n) is 6.27. The minimum atomic E-state index is -0.230. The zero-order chi connectivity index (χ0) is 22.8. The number of rotatable bonds is 6. The van der Waals surface area contributed by atoms with Gasteiger partial charge in [0.05, 0.1) is 31.5 Å². The molecule has 2 aliphatic heterocycles. The number of aromatic nitrogens is 3. The maximum absolute atomic E-state index is 14.4. The summed E-state index contributed by atoms with van der Waals surface area (Å²) in [4.78, 5) is 18.7. The number of nitrogens with one attached hydrogen (secondary N) is 1. The van der Waals surface area contributed by atoms with Gasteiger partial charge in [-0.25, -0.2) is 14.4 Å². The molecule has 0 saturated carbocycles. The van der Waals surface area contributed by atoms with Gasteiger partial charge in [-0.3, -0.25) is 9.88 Å². The van der Waals surface area contributed by atoms with Crippen molar-refractivity contribution in [1.82, 2.24) is 19.9 Å². The van der Waals surface area contributed by atoms with Gasteiger partial charge in [0.15, 0.2) is 11.6 Å². The Labute approximate surface area is 192 Å². The summed E-state index contributed by atoms with van der Waals surface area (Å²) in [6.07, 6.45) is 2.73. The highest BCUT2D eigenvalue weighted by Gasteiger charge is 2.25. The summed E-state index contributed by atoms with van der Waals surface area (Å²) in [5.74, 6) is 1.94. The summed E-state index contributed by atoms with van der Waals surface area (Å²) >= 11 is 0. The number of piperazine rings is 1. The molecule has 2 fully saturated rings. The zero-order valence-electron chi connectivity index (χ0n) is 19.1. The van der Waals surface area contributed by atoms with Crippen molar-refractivity contribution >= 4 is 22.7 Å². The van der Waals surface area contributed by atoms with E-state index in [0.29, 0.717) is 24.5 Å². The van der Waals surface area contributed by atoms with Crippen molar-refractivity contribution in [3.63, 3.8) is 0 Å². The fourth-order valence-corrected chi connectivity index (χ4v) is 4.35. The topological polar surface area (TPSA) is 75.6 Å². The number of aryl methyl sites for hydroxylation is 1. The number of pyridine rings is 1. The molecule has 2 aromatic heterocycles. The van der Waals surface area contributed by atoms with Crippen LogP contribution in [0.5, 0.6) is 5.75 Å². The van der Waals surface area contributed by atoms with Gasteiger partial charge in [0.1, 0.15) is 17.1 Å². The predicted octanol–water partition coefficient (Wildman–Crippen LogP) is 3.00. The minimum absolute atomic E-state index is 0.230. The first kappa shape index (κ1) is 21.8. The van der Waals surface area contributed by atoms with Crippen molar-refractivity contribution in [3.8, 4) is 5.75 Å². The zero-order valence-corrected chi connectivity index (χ0v) is 19.1. The Morgan fingerprint density at radius 2 is 2.00 bits per heavy atom. The molecular weight excluding hydrogens is 423 g/mol. The second kappa shape index (κ2) is 9.44. The fraction of sp³-hybridized carbons (Fsp3) is 0.458. The van der Waals surface area contributed by atoms with Crippen molar-refractivity contribution in [2.45, 2.75) is 25.9 Å². The van der Waals surface area contributed by atoms with Crippen LogP contribution >= 0.6 is 0 Å². The number of halogens is 1. The van der Waals surface area contributed by atoms with E-state index in [0.717, 1.165) is 67.6 Å². The van der Waals surface area contributed by atoms with Gasteiger partial charge in [-0.15, -0.1) is 0 Å². The molecule has 2 aliphatic rings. The van der Waals surface area contributed by atoms with Gasteiger partial charge in [-0.2, -0.15) is 0 Å². The summed E-state index contributed by atoms with van der Waals surface area (Å²) in [6, 6.07) is 7.25. The number of benzene rings is 1. The van der Waals surface area contributed by atoms with Crippen LogP contribution < -0.4 is 15.0 Å². The molecule has 2 saturated heterocycles. The van der Waals surface area contributed by atoms with Gasteiger partial charge in [-0.05, 0) is 25.5 Å². The molecule has 1 N–H and O–H groups in total. The summed E-state index contributed by atoms with van der Waals surface area (Å²) in [5.41, 5.74) is 3.22. The Bertz CT molecular complexity index is 1130. The number of anilines is 2. The van der Waals surface area contributed by atoms with Crippen molar-refractivity contribution < 1.29 is 13.9 Å². The maximum Gasteiger partial charge on any atom is 0.172 e. The lowest BCUT2D eigenvalue weighted by atomic mass is 10.1. The first-order valence-corrected chi connectivity index (χ1v) is 11.4. The molecule has 4 heterocycles.